The Morgan fingerprint density at radius 1 is 1.23 bits per heavy atom. The highest BCUT2D eigenvalue weighted by Gasteiger charge is 2.28. The van der Waals surface area contributed by atoms with Crippen LogP contribution in [0.5, 0.6) is 5.75 Å². The molecule has 0 amide bonds. The number of hydrogen-bond acceptors (Lipinski definition) is 5. The minimum Gasteiger partial charge on any atom is -0.489 e. The molecule has 0 aromatic heterocycles. The Hall–Kier alpha value is -2.66. The van der Waals surface area contributed by atoms with Crippen molar-refractivity contribution in [3.63, 3.8) is 0 Å². The minimum atomic E-state index is -0.475. The molecular weight excluding hydrogens is 330 g/mol. The molecule has 5 nitrogen and oxygen atoms in total. The number of hydrogen-bond donors (Lipinski definition) is 0. The Bertz CT molecular complexity index is 829. The van der Waals surface area contributed by atoms with Crippen molar-refractivity contribution in [2.75, 3.05) is 6.61 Å². The second-order valence-electron chi connectivity index (χ2n) is 6.28. The molecule has 0 aliphatic carbocycles. The van der Waals surface area contributed by atoms with Crippen LogP contribution in [-0.2, 0) is 16.2 Å². The summed E-state index contributed by atoms with van der Waals surface area (Å²) < 4.78 is 11.3. The summed E-state index contributed by atoms with van der Waals surface area (Å²) in [5, 5.41) is 3.90. The number of rotatable bonds is 7. The fourth-order valence-electron chi connectivity index (χ4n) is 2.81. The van der Waals surface area contributed by atoms with E-state index in [4.69, 9.17) is 14.3 Å². The molecule has 1 aliphatic rings. The summed E-state index contributed by atoms with van der Waals surface area (Å²) in [5.41, 5.74) is 3.97. The number of ether oxygens (including phenoxy) is 2. The van der Waals surface area contributed by atoms with Crippen molar-refractivity contribution < 1.29 is 19.1 Å². The first-order valence-corrected chi connectivity index (χ1v) is 8.75. The summed E-state index contributed by atoms with van der Waals surface area (Å²) in [7, 11) is 0. The van der Waals surface area contributed by atoms with E-state index in [1.165, 1.54) is 0 Å². The van der Waals surface area contributed by atoms with Crippen LogP contribution in [0.3, 0.4) is 0 Å². The maximum absolute atomic E-state index is 12.8. The Balaban J connectivity index is 1.74. The first-order valence-electron chi connectivity index (χ1n) is 8.75. The topological polar surface area (TPSA) is 57.1 Å². The molecule has 1 aliphatic heterocycles. The Labute approximate surface area is 153 Å². The third-order valence-electron chi connectivity index (χ3n) is 4.24. The lowest BCUT2D eigenvalue weighted by Gasteiger charge is -2.12. The van der Waals surface area contributed by atoms with Gasteiger partial charge in [-0.05, 0) is 38.0 Å². The Kier molecular flexibility index (Phi) is 5.68. The molecule has 0 bridgehead atoms. The van der Waals surface area contributed by atoms with Crippen LogP contribution in [0, 0.1) is 13.8 Å². The molecule has 26 heavy (non-hydrogen) atoms. The number of oxime groups is 1. The van der Waals surface area contributed by atoms with Gasteiger partial charge in [0.1, 0.15) is 18.1 Å². The second kappa shape index (κ2) is 8.15. The largest absolute Gasteiger partial charge is 0.489 e. The molecule has 1 atom stereocenters. The Morgan fingerprint density at radius 2 is 2.04 bits per heavy atom. The van der Waals surface area contributed by atoms with Gasteiger partial charge in [0, 0.05) is 17.7 Å². The lowest BCUT2D eigenvalue weighted by molar-refractivity contribution is -0.120. The molecule has 0 radical (unpaired) electrons. The summed E-state index contributed by atoms with van der Waals surface area (Å²) in [6, 6.07) is 13.5. The zero-order valence-corrected chi connectivity index (χ0v) is 15.3. The number of ketones is 1. The monoisotopic (exact) mass is 353 g/mol. The maximum Gasteiger partial charge on any atom is 0.232 e. The average Bonchev–Trinajstić information content (AvgIpc) is 3.11. The van der Waals surface area contributed by atoms with Crippen molar-refractivity contribution in [1.82, 2.24) is 0 Å². The maximum atomic E-state index is 12.8. The molecule has 3 rings (SSSR count). The SMILES string of the molecule is CCOC1CC(C(=O)c2ccccc2COc2cc(C)ccc2C)=NO1. The molecule has 2 aromatic carbocycles. The van der Waals surface area contributed by atoms with Crippen LogP contribution < -0.4 is 4.74 Å². The van der Waals surface area contributed by atoms with E-state index in [0.29, 0.717) is 30.9 Å². The molecule has 1 unspecified atom stereocenters. The summed E-state index contributed by atoms with van der Waals surface area (Å²) in [4.78, 5) is 18.0. The van der Waals surface area contributed by atoms with E-state index in [0.717, 1.165) is 22.4 Å². The number of aryl methyl sites for hydroxylation is 2. The predicted octanol–water partition coefficient (Wildman–Crippen LogP) is 4.20. The lowest BCUT2D eigenvalue weighted by atomic mass is 9.99. The van der Waals surface area contributed by atoms with Gasteiger partial charge in [-0.15, -0.1) is 0 Å². The number of nitrogens with zero attached hydrogens (tertiary/aromatic N) is 1. The van der Waals surface area contributed by atoms with Crippen LogP contribution >= 0.6 is 0 Å². The van der Waals surface area contributed by atoms with Crippen molar-refractivity contribution in [3.05, 3.63) is 64.7 Å². The molecule has 1 heterocycles. The summed E-state index contributed by atoms with van der Waals surface area (Å²) >= 11 is 0. The summed E-state index contributed by atoms with van der Waals surface area (Å²) in [6.45, 7) is 6.74. The molecule has 2 aromatic rings. The van der Waals surface area contributed by atoms with E-state index in [9.17, 15) is 4.79 Å². The van der Waals surface area contributed by atoms with Gasteiger partial charge in [0.25, 0.3) is 0 Å². The second-order valence-corrected chi connectivity index (χ2v) is 6.28. The van der Waals surface area contributed by atoms with Crippen molar-refractivity contribution in [2.24, 2.45) is 5.16 Å². The lowest BCUT2D eigenvalue weighted by Crippen LogP contribution is -2.19. The van der Waals surface area contributed by atoms with Gasteiger partial charge < -0.3 is 14.3 Å². The quantitative estimate of drug-likeness (QED) is 0.700. The van der Waals surface area contributed by atoms with Gasteiger partial charge in [-0.3, -0.25) is 4.79 Å². The van der Waals surface area contributed by atoms with Crippen molar-refractivity contribution in [1.29, 1.82) is 0 Å². The molecule has 5 heteroatoms. The molecule has 0 fully saturated rings. The molecular formula is C21H23NO4. The number of carbonyl (C=O) groups is 1. The van der Waals surface area contributed by atoms with Gasteiger partial charge in [0.05, 0.1) is 6.42 Å². The standard InChI is InChI=1S/C21H23NO4/c1-4-24-20-12-18(22-26-20)21(23)17-8-6-5-7-16(17)13-25-19-11-14(2)9-10-15(19)3/h5-11,20H,4,12-13H2,1-3H3. The zero-order chi connectivity index (χ0) is 18.5. The third-order valence-corrected chi connectivity index (χ3v) is 4.24. The van der Waals surface area contributed by atoms with Crippen LogP contribution in [0.15, 0.2) is 47.6 Å². The molecule has 0 N–H and O–H groups in total. The van der Waals surface area contributed by atoms with E-state index in [1.54, 1.807) is 6.07 Å². The molecule has 0 saturated carbocycles. The van der Waals surface area contributed by atoms with Gasteiger partial charge >= 0.3 is 0 Å². The van der Waals surface area contributed by atoms with Crippen LogP contribution in [0.1, 0.15) is 40.4 Å². The number of Topliss-reactive ketones (excluding diaryl/α,β-unsaturated/α-hetero) is 1. The van der Waals surface area contributed by atoms with Gasteiger partial charge in [-0.2, -0.15) is 0 Å². The summed E-state index contributed by atoms with van der Waals surface area (Å²) in [6.07, 6.45) is -0.115. The molecule has 0 saturated heterocycles. The summed E-state index contributed by atoms with van der Waals surface area (Å²) in [5.74, 6) is 0.678. The van der Waals surface area contributed by atoms with Crippen molar-refractivity contribution in [3.8, 4) is 5.75 Å². The normalized spacial score (nSPS) is 16.1. The Morgan fingerprint density at radius 3 is 2.85 bits per heavy atom. The highest BCUT2D eigenvalue weighted by molar-refractivity contribution is 6.46. The predicted molar refractivity (Wildman–Crippen MR) is 99.6 cm³/mol. The average molecular weight is 353 g/mol. The van der Waals surface area contributed by atoms with Gasteiger partial charge in [0.2, 0.25) is 12.1 Å². The first-order chi connectivity index (χ1) is 12.6. The van der Waals surface area contributed by atoms with Crippen molar-refractivity contribution >= 4 is 11.5 Å². The van der Waals surface area contributed by atoms with E-state index in [2.05, 4.69) is 5.16 Å². The van der Waals surface area contributed by atoms with Gasteiger partial charge in [-0.1, -0.05) is 41.6 Å². The molecule has 136 valence electrons. The van der Waals surface area contributed by atoms with E-state index in [1.807, 2.05) is 57.2 Å². The van der Waals surface area contributed by atoms with Crippen LogP contribution in [-0.4, -0.2) is 24.4 Å². The van der Waals surface area contributed by atoms with Gasteiger partial charge in [0.15, 0.2) is 0 Å². The highest BCUT2D eigenvalue weighted by atomic mass is 16.8. The van der Waals surface area contributed by atoms with Crippen LogP contribution in [0.4, 0.5) is 0 Å². The highest BCUT2D eigenvalue weighted by Crippen LogP contribution is 2.22. The van der Waals surface area contributed by atoms with E-state index < -0.39 is 6.29 Å². The van der Waals surface area contributed by atoms with Gasteiger partial charge in [-0.25, -0.2) is 0 Å². The van der Waals surface area contributed by atoms with Crippen LogP contribution in [0.25, 0.3) is 0 Å². The fourth-order valence-corrected chi connectivity index (χ4v) is 2.81. The fraction of sp³-hybridized carbons (Fsp3) is 0.333. The number of carbonyl (C=O) groups excluding carboxylic acids is 1. The molecule has 0 spiro atoms. The minimum absolute atomic E-state index is 0.146. The van der Waals surface area contributed by atoms with Crippen LogP contribution in [0.2, 0.25) is 0 Å². The first kappa shape index (κ1) is 18.1. The van der Waals surface area contributed by atoms with E-state index >= 15 is 0 Å². The van der Waals surface area contributed by atoms with E-state index in [-0.39, 0.29) is 5.78 Å². The zero-order valence-electron chi connectivity index (χ0n) is 15.3. The third kappa shape index (κ3) is 4.11. The smallest absolute Gasteiger partial charge is 0.232 e. The van der Waals surface area contributed by atoms with Crippen molar-refractivity contribution in [2.45, 2.75) is 40.1 Å². The number of benzene rings is 2.